The van der Waals surface area contributed by atoms with Crippen LogP contribution in [0.5, 0.6) is 0 Å². The molecule has 0 radical (unpaired) electrons. The molecule has 1 saturated carbocycles. The van der Waals surface area contributed by atoms with Gasteiger partial charge in [-0.15, -0.1) is 11.3 Å². The number of aliphatic imine (C=N–C) groups is 1. The summed E-state index contributed by atoms with van der Waals surface area (Å²) in [4.78, 5) is 9.88. The molecular weight excluding hydrogens is 592 g/mol. The van der Waals surface area contributed by atoms with Crippen LogP contribution in [-0.2, 0) is 10.0 Å². The van der Waals surface area contributed by atoms with Crippen LogP contribution < -0.4 is 16.2 Å². The van der Waals surface area contributed by atoms with Gasteiger partial charge in [-0.1, -0.05) is 52.7 Å². The van der Waals surface area contributed by atoms with Gasteiger partial charge in [0.15, 0.2) is 5.96 Å². The summed E-state index contributed by atoms with van der Waals surface area (Å²) in [6.07, 6.45) is 4.53. The number of nitrogens with one attached hydrogen (secondary N) is 1. The van der Waals surface area contributed by atoms with Crippen LogP contribution in [0.3, 0.4) is 0 Å². The summed E-state index contributed by atoms with van der Waals surface area (Å²) in [5.41, 5.74) is 13.2. The minimum Gasteiger partial charge on any atom is -0.370 e. The topological polar surface area (TPSA) is 123 Å². The average molecular weight is 614 g/mol. The number of hydrogen-bond acceptors (Lipinski definition) is 5. The van der Waals surface area contributed by atoms with Gasteiger partial charge in [0, 0.05) is 20.9 Å². The van der Waals surface area contributed by atoms with E-state index >= 15 is 0 Å². The maximum Gasteiger partial charge on any atom is 0.232 e. The van der Waals surface area contributed by atoms with Gasteiger partial charge >= 0.3 is 0 Å². The fraction of sp³-hybridized carbons (Fsp3) is 0.368. The number of halogens is 3. The van der Waals surface area contributed by atoms with E-state index in [1.807, 2.05) is 6.08 Å². The quantitative estimate of drug-likeness (QED) is 0.155. The van der Waals surface area contributed by atoms with E-state index in [0.29, 0.717) is 38.7 Å². The number of guanidine groups is 1. The first kappa shape index (κ1) is 24.6. The predicted molar refractivity (Wildman–Crippen MR) is 140 cm³/mol. The van der Waals surface area contributed by atoms with E-state index in [1.165, 1.54) is 17.4 Å². The van der Waals surface area contributed by atoms with Crippen LogP contribution in [-0.4, -0.2) is 29.5 Å². The minimum absolute atomic E-state index is 0.0218. The molecule has 0 spiro atoms. The number of hydrogen-bond donors (Lipinski definition) is 3. The molecule has 168 valence electrons. The van der Waals surface area contributed by atoms with Crippen molar-refractivity contribution in [3.05, 3.63) is 38.1 Å². The van der Waals surface area contributed by atoms with Crippen LogP contribution in [0, 0.1) is 0 Å². The van der Waals surface area contributed by atoms with Gasteiger partial charge in [0.05, 0.1) is 37.7 Å². The van der Waals surface area contributed by atoms with Gasteiger partial charge in [0.25, 0.3) is 0 Å². The normalized spacial score (nSPS) is 14.5. The van der Waals surface area contributed by atoms with E-state index < -0.39 is 10.0 Å². The molecule has 1 aromatic carbocycles. The summed E-state index contributed by atoms with van der Waals surface area (Å²) < 4.78 is 27.8. The van der Waals surface area contributed by atoms with E-state index in [4.69, 9.17) is 39.7 Å². The number of allylic oxidation sites excluding steroid dienone is 1. The molecule has 1 aliphatic carbocycles. The predicted octanol–water partition coefficient (Wildman–Crippen LogP) is 5.20. The average Bonchev–Trinajstić information content (AvgIpc) is 3.42. The highest BCUT2D eigenvalue weighted by atomic mass is 127. The molecule has 5 N–H and O–H groups in total. The molecule has 0 unspecified atom stereocenters. The number of benzene rings is 1. The maximum atomic E-state index is 12.3. The van der Waals surface area contributed by atoms with Gasteiger partial charge in [-0.2, -0.15) is 0 Å². The van der Waals surface area contributed by atoms with Crippen molar-refractivity contribution in [2.24, 2.45) is 16.5 Å². The fourth-order valence-corrected chi connectivity index (χ4v) is 6.23. The fourth-order valence-electron chi connectivity index (χ4n) is 2.92. The summed E-state index contributed by atoms with van der Waals surface area (Å²) in [7, 11) is -3.55. The van der Waals surface area contributed by atoms with Crippen LogP contribution in [0.25, 0.3) is 17.0 Å². The monoisotopic (exact) mass is 613 g/mol. The Labute approximate surface area is 209 Å². The van der Waals surface area contributed by atoms with Gasteiger partial charge in [-0.05, 0) is 37.5 Å². The second kappa shape index (κ2) is 10.2. The Hall–Kier alpha value is -1.08. The zero-order chi connectivity index (χ0) is 22.8. The number of nitrogens with zero attached hydrogens (tertiary/aromatic N) is 2. The van der Waals surface area contributed by atoms with Gasteiger partial charge < -0.3 is 11.5 Å². The van der Waals surface area contributed by atoms with Crippen LogP contribution >= 0.6 is 57.1 Å². The van der Waals surface area contributed by atoms with Crippen molar-refractivity contribution in [1.29, 1.82) is 0 Å². The number of sulfonamides is 1. The Morgan fingerprint density at radius 2 is 2.10 bits per heavy atom. The summed E-state index contributed by atoms with van der Waals surface area (Å²) >= 11 is 16.7. The van der Waals surface area contributed by atoms with Crippen molar-refractivity contribution < 1.29 is 8.42 Å². The van der Waals surface area contributed by atoms with Gasteiger partial charge in [-0.3, -0.25) is 4.72 Å². The van der Waals surface area contributed by atoms with Crippen LogP contribution in [0.4, 0.5) is 5.69 Å². The van der Waals surface area contributed by atoms with E-state index in [0.717, 1.165) is 22.7 Å². The third kappa shape index (κ3) is 6.25. The number of thiazole rings is 1. The molecule has 2 aromatic rings. The zero-order valence-electron chi connectivity index (χ0n) is 16.7. The van der Waals surface area contributed by atoms with Crippen molar-refractivity contribution in [3.63, 3.8) is 0 Å². The summed E-state index contributed by atoms with van der Waals surface area (Å²) in [5, 5.41) is 1.53. The molecule has 7 nitrogen and oxygen atoms in total. The van der Waals surface area contributed by atoms with Gasteiger partial charge in [0.2, 0.25) is 10.0 Å². The molecule has 0 aliphatic heterocycles. The molecule has 1 fully saturated rings. The summed E-state index contributed by atoms with van der Waals surface area (Å²) in [6, 6.07) is 3.17. The first-order valence-corrected chi connectivity index (χ1v) is 14.3. The molecule has 1 aromatic heterocycles. The standard InChI is InChI=1S/C19H22Cl2IN5O2S2/c1-2-7-31(28,29)27-14-9-11(20)8-12(15(14)21)16-17(13(5-6-22)25-19(23)24)30-18(26-16)10-3-4-10/h5,8-10,27H,2-4,6-7H2,1H3,(H4,23,24,25)/b13-5-. The lowest BCUT2D eigenvalue weighted by Gasteiger charge is -2.13. The minimum atomic E-state index is -3.55. The molecular formula is C19H22Cl2IN5O2S2. The second-order valence-electron chi connectivity index (χ2n) is 7.02. The number of alkyl halides is 1. The molecule has 3 rings (SSSR count). The largest absolute Gasteiger partial charge is 0.370 e. The molecule has 1 aliphatic rings. The number of nitrogens with two attached hydrogens (primary N) is 2. The van der Waals surface area contributed by atoms with E-state index in [2.05, 4.69) is 32.3 Å². The Bertz CT molecular complexity index is 1140. The highest BCUT2D eigenvalue weighted by molar-refractivity contribution is 14.1. The smallest absolute Gasteiger partial charge is 0.232 e. The third-order valence-corrected chi connectivity index (χ3v) is 8.14. The first-order chi connectivity index (χ1) is 14.6. The number of aromatic nitrogens is 1. The molecule has 0 atom stereocenters. The molecule has 1 heterocycles. The van der Waals surface area contributed by atoms with Crippen LogP contribution in [0.15, 0.2) is 23.2 Å². The molecule has 0 saturated heterocycles. The number of anilines is 1. The van der Waals surface area contributed by atoms with Gasteiger partial charge in [0.1, 0.15) is 0 Å². The second-order valence-corrected chi connectivity index (χ2v) is 11.6. The van der Waals surface area contributed by atoms with Crippen molar-refractivity contribution in [2.45, 2.75) is 32.1 Å². The van der Waals surface area contributed by atoms with Crippen molar-refractivity contribution in [3.8, 4) is 11.3 Å². The summed E-state index contributed by atoms with van der Waals surface area (Å²) in [6.45, 7) is 1.79. The van der Waals surface area contributed by atoms with Crippen LogP contribution in [0.1, 0.15) is 42.0 Å². The third-order valence-electron chi connectivity index (χ3n) is 4.35. The van der Waals surface area contributed by atoms with E-state index in [9.17, 15) is 8.42 Å². The Morgan fingerprint density at radius 1 is 1.39 bits per heavy atom. The lowest BCUT2D eigenvalue weighted by atomic mass is 10.1. The summed E-state index contributed by atoms with van der Waals surface area (Å²) in [5.74, 6) is 0.318. The highest BCUT2D eigenvalue weighted by Gasteiger charge is 2.30. The highest BCUT2D eigenvalue weighted by Crippen LogP contribution is 2.48. The molecule has 0 bridgehead atoms. The maximum absolute atomic E-state index is 12.3. The Balaban J connectivity index is 2.18. The van der Waals surface area contributed by atoms with Crippen molar-refractivity contribution in [2.75, 3.05) is 14.9 Å². The SMILES string of the molecule is CCCS(=O)(=O)Nc1cc(Cl)cc(-c2nc(C3CC3)sc2/C(=C/CI)N=C(N)N)c1Cl. The Morgan fingerprint density at radius 3 is 2.68 bits per heavy atom. The van der Waals surface area contributed by atoms with Gasteiger partial charge in [-0.25, -0.2) is 18.4 Å². The molecule has 0 amide bonds. The molecule has 12 heteroatoms. The molecule has 31 heavy (non-hydrogen) atoms. The lowest BCUT2D eigenvalue weighted by Crippen LogP contribution is -2.22. The van der Waals surface area contributed by atoms with Crippen molar-refractivity contribution >= 4 is 84.5 Å². The lowest BCUT2D eigenvalue weighted by molar-refractivity contribution is 0.600. The van der Waals surface area contributed by atoms with E-state index in [-0.39, 0.29) is 22.4 Å². The number of rotatable bonds is 9. The zero-order valence-corrected chi connectivity index (χ0v) is 22.0. The van der Waals surface area contributed by atoms with Crippen molar-refractivity contribution in [1.82, 2.24) is 4.98 Å². The van der Waals surface area contributed by atoms with Crippen LogP contribution in [0.2, 0.25) is 10.0 Å². The van der Waals surface area contributed by atoms with E-state index in [1.54, 1.807) is 13.0 Å². The Kier molecular flexibility index (Phi) is 8.11. The first-order valence-electron chi connectivity index (χ1n) is 9.52.